The van der Waals surface area contributed by atoms with Gasteiger partial charge >= 0.3 is 0 Å². The Labute approximate surface area is 167 Å². The van der Waals surface area contributed by atoms with Crippen LogP contribution in [0.3, 0.4) is 0 Å². The maximum absolute atomic E-state index is 13.1. The number of amides is 1. The topological polar surface area (TPSA) is 50.6 Å². The molecule has 4 rings (SSSR count). The van der Waals surface area contributed by atoms with Crippen LogP contribution >= 0.6 is 0 Å². The highest BCUT2D eigenvalue weighted by Crippen LogP contribution is 2.27. The van der Waals surface area contributed by atoms with Crippen molar-refractivity contribution >= 4 is 5.91 Å². The van der Waals surface area contributed by atoms with E-state index in [1.807, 2.05) is 17.2 Å². The third kappa shape index (κ3) is 3.71. The number of piperidine rings is 1. The van der Waals surface area contributed by atoms with Crippen molar-refractivity contribution in [3.8, 4) is 11.3 Å². The average Bonchev–Trinajstić information content (AvgIpc) is 2.99. The van der Waals surface area contributed by atoms with Crippen molar-refractivity contribution in [3.05, 3.63) is 41.9 Å². The molecule has 0 radical (unpaired) electrons. The molecule has 0 saturated carbocycles. The number of carbonyl (C=O) groups excluding carboxylic acids is 1. The fourth-order valence-electron chi connectivity index (χ4n) is 4.52. The van der Waals surface area contributed by atoms with Crippen LogP contribution in [0.5, 0.6) is 0 Å². The first-order valence-electron chi connectivity index (χ1n) is 10.3. The van der Waals surface area contributed by atoms with Gasteiger partial charge in [0.1, 0.15) is 5.82 Å². The highest BCUT2D eigenvalue weighted by atomic mass is 16.5. The fraction of sp³-hybridized carbons (Fsp3) is 0.545. The van der Waals surface area contributed by atoms with E-state index in [9.17, 15) is 4.79 Å². The molecule has 6 heteroatoms. The summed E-state index contributed by atoms with van der Waals surface area (Å²) >= 11 is 0. The van der Waals surface area contributed by atoms with Crippen molar-refractivity contribution in [2.45, 2.75) is 44.9 Å². The molecular formula is C22H30N4O2. The van der Waals surface area contributed by atoms with Crippen LogP contribution in [0.15, 0.2) is 30.5 Å². The molecule has 1 saturated heterocycles. The Balaban J connectivity index is 1.54. The van der Waals surface area contributed by atoms with Gasteiger partial charge in [-0.1, -0.05) is 30.7 Å². The number of aromatic nitrogens is 2. The Morgan fingerprint density at radius 3 is 2.86 bits per heavy atom. The zero-order valence-corrected chi connectivity index (χ0v) is 16.9. The van der Waals surface area contributed by atoms with E-state index in [0.717, 1.165) is 68.1 Å². The average molecular weight is 383 g/mol. The molecule has 2 aliphatic heterocycles. The molecule has 0 spiro atoms. The van der Waals surface area contributed by atoms with Gasteiger partial charge in [-0.05, 0) is 32.0 Å². The molecular weight excluding hydrogens is 352 g/mol. The van der Waals surface area contributed by atoms with Gasteiger partial charge in [0.25, 0.3) is 0 Å². The lowest BCUT2D eigenvalue weighted by molar-refractivity contribution is -0.137. The number of rotatable bonds is 4. The van der Waals surface area contributed by atoms with Crippen LogP contribution < -0.4 is 0 Å². The number of carbonyl (C=O) groups is 1. The van der Waals surface area contributed by atoms with Crippen LogP contribution in [0.1, 0.15) is 30.7 Å². The Morgan fingerprint density at radius 1 is 1.18 bits per heavy atom. The molecule has 6 nitrogen and oxygen atoms in total. The third-order valence-corrected chi connectivity index (χ3v) is 6.10. The maximum atomic E-state index is 13.1. The zero-order valence-electron chi connectivity index (χ0n) is 16.9. The fourth-order valence-corrected chi connectivity index (χ4v) is 4.52. The van der Waals surface area contributed by atoms with E-state index >= 15 is 0 Å². The van der Waals surface area contributed by atoms with Crippen molar-refractivity contribution in [1.29, 1.82) is 0 Å². The molecule has 0 bridgehead atoms. The maximum Gasteiger partial charge on any atom is 0.239 e. The van der Waals surface area contributed by atoms with Crippen molar-refractivity contribution in [2.24, 2.45) is 0 Å². The number of likely N-dealkylation sites (tertiary alicyclic amines) is 1. The lowest BCUT2D eigenvalue weighted by Crippen LogP contribution is -2.50. The number of imidazole rings is 1. The zero-order chi connectivity index (χ0) is 19.5. The molecule has 0 N–H and O–H groups in total. The summed E-state index contributed by atoms with van der Waals surface area (Å²) in [6.07, 6.45) is 6.09. The first-order valence-corrected chi connectivity index (χ1v) is 10.3. The Hall–Kier alpha value is -2.18. The highest BCUT2D eigenvalue weighted by Gasteiger charge is 2.31. The molecule has 1 aromatic heterocycles. The number of hydrogen-bond donors (Lipinski definition) is 0. The molecule has 2 aliphatic rings. The van der Waals surface area contributed by atoms with Crippen molar-refractivity contribution < 1.29 is 9.53 Å². The van der Waals surface area contributed by atoms with Crippen LogP contribution in [0.2, 0.25) is 0 Å². The van der Waals surface area contributed by atoms with E-state index in [1.165, 1.54) is 6.42 Å². The van der Waals surface area contributed by atoms with E-state index in [2.05, 4.69) is 39.7 Å². The van der Waals surface area contributed by atoms with Gasteiger partial charge in [-0.2, -0.15) is 0 Å². The number of ether oxygens (including phenoxy) is 1. The summed E-state index contributed by atoms with van der Waals surface area (Å²) in [5.41, 5.74) is 3.44. The number of methoxy groups -OCH3 is 1. The summed E-state index contributed by atoms with van der Waals surface area (Å²) in [5.74, 6) is 1.35. The van der Waals surface area contributed by atoms with Crippen molar-refractivity contribution in [1.82, 2.24) is 19.4 Å². The summed E-state index contributed by atoms with van der Waals surface area (Å²) < 4.78 is 7.66. The van der Waals surface area contributed by atoms with Gasteiger partial charge in [0, 0.05) is 38.7 Å². The highest BCUT2D eigenvalue weighted by molar-refractivity contribution is 5.82. The summed E-state index contributed by atoms with van der Waals surface area (Å²) in [6, 6.07) is 8.37. The summed E-state index contributed by atoms with van der Waals surface area (Å²) in [4.78, 5) is 22.1. The molecule has 1 atom stereocenters. The van der Waals surface area contributed by atoms with Gasteiger partial charge in [-0.15, -0.1) is 0 Å². The monoisotopic (exact) mass is 382 g/mol. The second kappa shape index (κ2) is 8.45. The Morgan fingerprint density at radius 2 is 2.04 bits per heavy atom. The second-order valence-electron chi connectivity index (χ2n) is 7.87. The molecule has 28 heavy (non-hydrogen) atoms. The van der Waals surface area contributed by atoms with Gasteiger partial charge < -0.3 is 14.2 Å². The van der Waals surface area contributed by atoms with E-state index in [4.69, 9.17) is 4.74 Å². The molecule has 150 valence electrons. The quantitative estimate of drug-likeness (QED) is 0.816. The van der Waals surface area contributed by atoms with Gasteiger partial charge in [0.15, 0.2) is 0 Å². The number of benzene rings is 1. The van der Waals surface area contributed by atoms with Crippen molar-refractivity contribution in [2.75, 3.05) is 33.8 Å². The van der Waals surface area contributed by atoms with E-state index in [0.29, 0.717) is 6.61 Å². The largest absolute Gasteiger partial charge is 0.380 e. The standard InChI is InChI=1S/C22H30N4O2/c1-24-11-6-5-9-19(24)22(27)25-12-10-21-23-15-20(26(21)14-13-25)18-8-4-3-7-17(18)16-28-2/h3-4,7-8,15,19H,5-6,9-14,16H2,1-2H3/t19-/m0/s1. The van der Waals surface area contributed by atoms with E-state index < -0.39 is 0 Å². The van der Waals surface area contributed by atoms with E-state index in [-0.39, 0.29) is 11.9 Å². The van der Waals surface area contributed by atoms with Crippen LogP contribution in [-0.2, 0) is 29.1 Å². The Bertz CT molecular complexity index is 832. The lowest BCUT2D eigenvalue weighted by atomic mass is 10.0. The van der Waals surface area contributed by atoms with Gasteiger partial charge in [-0.3, -0.25) is 9.69 Å². The molecule has 1 fully saturated rings. The number of likely N-dealkylation sites (N-methyl/N-ethyl adjacent to an activating group) is 1. The predicted octanol–water partition coefficient (Wildman–Crippen LogP) is 2.57. The van der Waals surface area contributed by atoms with Crippen LogP contribution in [0.4, 0.5) is 0 Å². The first-order chi connectivity index (χ1) is 13.7. The molecule has 2 aromatic rings. The van der Waals surface area contributed by atoms with Crippen LogP contribution in [-0.4, -0.2) is 65.1 Å². The first kappa shape index (κ1) is 19.2. The van der Waals surface area contributed by atoms with Gasteiger partial charge in [-0.25, -0.2) is 4.98 Å². The SMILES string of the molecule is COCc1ccccc1-c1cnc2n1CCN(C(=O)[C@@H]1CCCCN1C)CC2. The summed E-state index contributed by atoms with van der Waals surface area (Å²) in [7, 11) is 3.80. The minimum absolute atomic E-state index is 0.0427. The smallest absolute Gasteiger partial charge is 0.239 e. The second-order valence-corrected chi connectivity index (χ2v) is 7.87. The van der Waals surface area contributed by atoms with Gasteiger partial charge in [0.05, 0.1) is 24.5 Å². The minimum Gasteiger partial charge on any atom is -0.380 e. The van der Waals surface area contributed by atoms with E-state index in [1.54, 1.807) is 7.11 Å². The molecule has 3 heterocycles. The molecule has 1 aromatic carbocycles. The van der Waals surface area contributed by atoms with Gasteiger partial charge in [0.2, 0.25) is 5.91 Å². The van der Waals surface area contributed by atoms with Crippen molar-refractivity contribution in [3.63, 3.8) is 0 Å². The molecule has 0 unspecified atom stereocenters. The predicted molar refractivity (Wildman–Crippen MR) is 109 cm³/mol. The molecule has 1 amide bonds. The minimum atomic E-state index is 0.0427. The number of nitrogens with zero attached hydrogens (tertiary/aromatic N) is 4. The lowest BCUT2D eigenvalue weighted by Gasteiger charge is -2.35. The van der Waals surface area contributed by atoms with Crippen LogP contribution in [0, 0.1) is 0 Å². The number of hydrogen-bond acceptors (Lipinski definition) is 4. The summed E-state index contributed by atoms with van der Waals surface area (Å²) in [6.45, 7) is 3.88. The van der Waals surface area contributed by atoms with Crippen LogP contribution in [0.25, 0.3) is 11.3 Å². The third-order valence-electron chi connectivity index (χ3n) is 6.10. The Kier molecular flexibility index (Phi) is 5.78. The molecule has 0 aliphatic carbocycles. The number of fused-ring (bicyclic) bond motifs is 1. The summed E-state index contributed by atoms with van der Waals surface area (Å²) in [5, 5.41) is 0. The normalized spacial score (nSPS) is 20.6.